The lowest BCUT2D eigenvalue weighted by molar-refractivity contribution is -0.144. The lowest BCUT2D eigenvalue weighted by atomic mass is 9.81. The monoisotopic (exact) mass is 291 g/mol. The van der Waals surface area contributed by atoms with Crippen LogP contribution < -0.4 is 0 Å². The predicted octanol–water partition coefficient (Wildman–Crippen LogP) is 2.39. The Morgan fingerprint density at radius 1 is 1.43 bits per heavy atom. The number of carboxylic acids is 1. The van der Waals surface area contributed by atoms with Gasteiger partial charge in [0.25, 0.3) is 0 Å². The van der Waals surface area contributed by atoms with Gasteiger partial charge in [-0.25, -0.2) is 0 Å². The van der Waals surface area contributed by atoms with Gasteiger partial charge in [-0.15, -0.1) is 0 Å². The van der Waals surface area contributed by atoms with Crippen LogP contribution in [0.2, 0.25) is 0 Å². The van der Waals surface area contributed by atoms with E-state index in [1.54, 1.807) is 7.11 Å². The third kappa shape index (κ3) is 3.44. The molecule has 0 bridgehead atoms. The van der Waals surface area contributed by atoms with Crippen molar-refractivity contribution in [3.63, 3.8) is 0 Å². The minimum atomic E-state index is -0.889. The van der Waals surface area contributed by atoms with E-state index >= 15 is 0 Å². The van der Waals surface area contributed by atoms with Crippen LogP contribution in [0.3, 0.4) is 0 Å². The highest BCUT2D eigenvalue weighted by atomic mass is 16.5. The van der Waals surface area contributed by atoms with Gasteiger partial charge in [-0.3, -0.25) is 9.69 Å². The minimum Gasteiger partial charge on any atom is -0.481 e. The first-order valence-corrected chi connectivity index (χ1v) is 7.51. The van der Waals surface area contributed by atoms with Gasteiger partial charge in [0, 0.05) is 20.2 Å². The van der Waals surface area contributed by atoms with E-state index in [0.717, 1.165) is 25.1 Å². The van der Waals surface area contributed by atoms with Crippen molar-refractivity contribution >= 4 is 5.97 Å². The van der Waals surface area contributed by atoms with Crippen molar-refractivity contribution < 1.29 is 14.6 Å². The van der Waals surface area contributed by atoms with Gasteiger partial charge in [-0.05, 0) is 31.4 Å². The lowest BCUT2D eigenvalue weighted by Gasteiger charge is -2.40. The number of benzene rings is 1. The molecule has 116 valence electrons. The molecule has 0 saturated carbocycles. The second kappa shape index (κ2) is 6.58. The fraction of sp³-hybridized carbons (Fsp3) is 0.588. The van der Waals surface area contributed by atoms with Gasteiger partial charge in [0.05, 0.1) is 6.10 Å². The van der Waals surface area contributed by atoms with E-state index in [1.807, 2.05) is 37.3 Å². The van der Waals surface area contributed by atoms with Crippen LogP contribution in [-0.2, 0) is 14.9 Å². The number of carboxylic acid groups (broad SMARTS) is 1. The van der Waals surface area contributed by atoms with E-state index in [0.29, 0.717) is 12.5 Å². The number of nitrogens with zero attached hydrogens (tertiary/aromatic N) is 1. The summed E-state index contributed by atoms with van der Waals surface area (Å²) in [6, 6.07) is 9.50. The minimum absolute atomic E-state index is 0.188. The second-order valence-corrected chi connectivity index (χ2v) is 6.28. The summed E-state index contributed by atoms with van der Waals surface area (Å²) in [7, 11) is 1.73. The smallest absolute Gasteiger partial charge is 0.315 e. The number of rotatable bonds is 5. The molecule has 1 aromatic rings. The van der Waals surface area contributed by atoms with E-state index in [2.05, 4.69) is 11.8 Å². The van der Waals surface area contributed by atoms with Crippen LogP contribution in [0.4, 0.5) is 0 Å². The van der Waals surface area contributed by atoms with Crippen LogP contribution in [0.25, 0.3) is 0 Å². The summed E-state index contributed by atoms with van der Waals surface area (Å²) >= 11 is 0. The van der Waals surface area contributed by atoms with Crippen LogP contribution in [0, 0.1) is 5.92 Å². The number of piperidine rings is 1. The van der Waals surface area contributed by atoms with Gasteiger partial charge in [0.1, 0.15) is 5.41 Å². The van der Waals surface area contributed by atoms with Crippen molar-refractivity contribution in [1.82, 2.24) is 4.90 Å². The van der Waals surface area contributed by atoms with Crippen molar-refractivity contribution in [2.24, 2.45) is 5.92 Å². The average Bonchev–Trinajstić information content (AvgIpc) is 2.49. The molecular formula is C17H25NO3. The van der Waals surface area contributed by atoms with Gasteiger partial charge in [-0.2, -0.15) is 0 Å². The molecule has 2 rings (SSSR count). The molecule has 1 fully saturated rings. The zero-order valence-electron chi connectivity index (χ0n) is 13.1. The van der Waals surface area contributed by atoms with Crippen LogP contribution in [-0.4, -0.2) is 48.8 Å². The molecule has 1 aliphatic heterocycles. The molecule has 1 aliphatic rings. The molecule has 1 N–H and O–H groups in total. The van der Waals surface area contributed by atoms with Gasteiger partial charge < -0.3 is 9.84 Å². The van der Waals surface area contributed by atoms with Crippen molar-refractivity contribution in [2.45, 2.75) is 31.8 Å². The highest BCUT2D eigenvalue weighted by molar-refractivity contribution is 5.81. The quantitative estimate of drug-likeness (QED) is 0.905. The molecular weight excluding hydrogens is 266 g/mol. The SMILES string of the molecule is COC1CN(CC(C)(C(=O)O)c2ccccc2)CCC1C. The average molecular weight is 291 g/mol. The van der Waals surface area contributed by atoms with E-state index < -0.39 is 11.4 Å². The number of aliphatic carboxylic acids is 1. The first-order valence-electron chi connectivity index (χ1n) is 7.51. The summed E-state index contributed by atoms with van der Waals surface area (Å²) in [4.78, 5) is 14.1. The van der Waals surface area contributed by atoms with E-state index in [4.69, 9.17) is 4.74 Å². The fourth-order valence-electron chi connectivity index (χ4n) is 3.08. The number of hydrogen-bond donors (Lipinski definition) is 1. The Morgan fingerprint density at radius 3 is 2.67 bits per heavy atom. The normalized spacial score (nSPS) is 26.2. The molecule has 0 aromatic heterocycles. The Hall–Kier alpha value is -1.39. The molecule has 4 heteroatoms. The summed E-state index contributed by atoms with van der Waals surface area (Å²) in [5, 5.41) is 9.73. The Balaban J connectivity index is 2.16. The van der Waals surface area contributed by atoms with Crippen LogP contribution in [0.1, 0.15) is 25.8 Å². The molecule has 0 aliphatic carbocycles. The van der Waals surface area contributed by atoms with Gasteiger partial charge in [0.2, 0.25) is 0 Å². The Labute approximate surface area is 126 Å². The van der Waals surface area contributed by atoms with Crippen LogP contribution >= 0.6 is 0 Å². The van der Waals surface area contributed by atoms with Crippen LogP contribution in [0.15, 0.2) is 30.3 Å². The standard InChI is InChI=1S/C17H25NO3/c1-13-9-10-18(11-15(13)21-3)12-17(2,16(19)20)14-7-5-4-6-8-14/h4-8,13,15H,9-12H2,1-3H3,(H,19,20). The zero-order valence-corrected chi connectivity index (χ0v) is 13.1. The molecule has 1 aromatic carbocycles. The second-order valence-electron chi connectivity index (χ2n) is 6.28. The van der Waals surface area contributed by atoms with E-state index in [-0.39, 0.29) is 6.10 Å². The molecule has 0 amide bonds. The number of methoxy groups -OCH3 is 1. The summed E-state index contributed by atoms with van der Waals surface area (Å²) < 4.78 is 5.53. The lowest BCUT2D eigenvalue weighted by Crippen LogP contribution is -2.51. The summed E-state index contributed by atoms with van der Waals surface area (Å²) in [6.07, 6.45) is 1.23. The zero-order chi connectivity index (χ0) is 15.5. The molecule has 0 radical (unpaired) electrons. The Morgan fingerprint density at radius 2 is 2.10 bits per heavy atom. The van der Waals surface area contributed by atoms with Crippen molar-refractivity contribution in [1.29, 1.82) is 0 Å². The summed E-state index contributed by atoms with van der Waals surface area (Å²) in [6.45, 7) is 6.24. The van der Waals surface area contributed by atoms with Crippen molar-refractivity contribution in [3.05, 3.63) is 35.9 Å². The Bertz CT molecular complexity index is 476. The molecule has 1 saturated heterocycles. The maximum Gasteiger partial charge on any atom is 0.315 e. The third-order valence-corrected chi connectivity index (χ3v) is 4.70. The maximum atomic E-state index is 11.9. The maximum absolute atomic E-state index is 11.9. The van der Waals surface area contributed by atoms with Gasteiger partial charge in [0.15, 0.2) is 0 Å². The molecule has 4 nitrogen and oxygen atoms in total. The molecule has 1 heterocycles. The third-order valence-electron chi connectivity index (χ3n) is 4.70. The predicted molar refractivity (Wildman–Crippen MR) is 82.4 cm³/mol. The first-order chi connectivity index (χ1) is 9.97. The largest absolute Gasteiger partial charge is 0.481 e. The molecule has 3 atom stereocenters. The summed E-state index contributed by atoms with van der Waals surface area (Å²) in [5.74, 6) is -0.250. The number of carbonyl (C=O) groups is 1. The molecule has 0 spiro atoms. The van der Waals surface area contributed by atoms with Crippen molar-refractivity contribution in [2.75, 3.05) is 26.7 Å². The topological polar surface area (TPSA) is 49.8 Å². The highest BCUT2D eigenvalue weighted by Gasteiger charge is 2.39. The fourth-order valence-corrected chi connectivity index (χ4v) is 3.08. The first kappa shape index (κ1) is 16.0. The summed E-state index contributed by atoms with van der Waals surface area (Å²) in [5.41, 5.74) is -0.0368. The number of hydrogen-bond acceptors (Lipinski definition) is 3. The highest BCUT2D eigenvalue weighted by Crippen LogP contribution is 2.28. The molecule has 3 unspecified atom stereocenters. The Kier molecular flexibility index (Phi) is 5.01. The number of likely N-dealkylation sites (tertiary alicyclic amines) is 1. The van der Waals surface area contributed by atoms with E-state index in [1.165, 1.54) is 0 Å². The van der Waals surface area contributed by atoms with E-state index in [9.17, 15) is 9.90 Å². The number of ether oxygens (including phenoxy) is 1. The van der Waals surface area contributed by atoms with Gasteiger partial charge in [-0.1, -0.05) is 37.3 Å². The van der Waals surface area contributed by atoms with Crippen molar-refractivity contribution in [3.8, 4) is 0 Å². The molecule has 21 heavy (non-hydrogen) atoms. The van der Waals surface area contributed by atoms with Crippen LogP contribution in [0.5, 0.6) is 0 Å². The van der Waals surface area contributed by atoms with Gasteiger partial charge >= 0.3 is 5.97 Å².